The molecule has 0 unspecified atom stereocenters. The molecule has 1 aliphatic heterocycles. The van der Waals surface area contributed by atoms with E-state index in [1.807, 2.05) is 13.1 Å². The van der Waals surface area contributed by atoms with Crippen LogP contribution in [0.4, 0.5) is 24.1 Å². The van der Waals surface area contributed by atoms with Gasteiger partial charge in [-0.05, 0) is 104 Å². The van der Waals surface area contributed by atoms with E-state index in [-0.39, 0.29) is 78.7 Å². The van der Waals surface area contributed by atoms with Crippen LogP contribution in [0, 0.1) is 21.7 Å². The largest absolute Gasteiger partial charge is 0.415 e. The van der Waals surface area contributed by atoms with Gasteiger partial charge in [-0.3, -0.25) is 10.1 Å². The van der Waals surface area contributed by atoms with Gasteiger partial charge >= 0.3 is 11.5 Å². The third kappa shape index (κ3) is 28.6. The van der Waals surface area contributed by atoms with E-state index in [9.17, 15) is 28.5 Å². The Kier molecular flexibility index (Phi) is 37.4. The molecule has 0 bridgehead atoms. The number of halogens is 5. The molecule has 1 heterocycles. The van der Waals surface area contributed by atoms with Crippen LogP contribution in [0.3, 0.4) is 0 Å². The predicted molar refractivity (Wildman–Crippen MR) is 309 cm³/mol. The Bertz CT molecular complexity index is 2060. The second kappa shape index (κ2) is 36.8. The zero-order valence-electron chi connectivity index (χ0n) is 44.2. The van der Waals surface area contributed by atoms with E-state index >= 15 is 0 Å². The highest BCUT2D eigenvalue weighted by Crippen LogP contribution is 2.37. The van der Waals surface area contributed by atoms with Crippen molar-refractivity contribution in [2.75, 3.05) is 40.5 Å². The van der Waals surface area contributed by atoms with Gasteiger partial charge in [-0.15, -0.1) is 13.2 Å². The number of non-ortho nitro benzene ring substituents is 1. The Hall–Kier alpha value is -3.06. The lowest BCUT2D eigenvalue weighted by Crippen LogP contribution is -2.49. The highest BCUT2D eigenvalue weighted by molar-refractivity contribution is 7.59. The Labute approximate surface area is 459 Å². The average Bonchev–Trinajstić information content (AvgIpc) is 3.88. The number of amides is 2. The maximum atomic E-state index is 13.5. The Balaban J connectivity index is -0.000000898. The van der Waals surface area contributed by atoms with Gasteiger partial charge in [-0.1, -0.05) is 101 Å². The highest BCUT2D eigenvalue weighted by Gasteiger charge is 2.38. The molecule has 0 aromatic heterocycles. The molecule has 3 aromatic carbocycles. The van der Waals surface area contributed by atoms with Gasteiger partial charge in [-0.2, -0.15) is 27.0 Å². The molecule has 3 aromatic rings. The maximum Gasteiger partial charge on any atom is 0.409 e. The Morgan fingerprint density at radius 1 is 0.847 bits per heavy atom. The third-order valence-electron chi connectivity index (χ3n) is 11.8. The first kappa shape index (κ1) is 73.2. The van der Waals surface area contributed by atoms with Crippen LogP contribution in [0.15, 0.2) is 86.0 Å². The number of nitrogens with zero attached hydrogens (tertiary/aromatic N) is 2. The van der Waals surface area contributed by atoms with Crippen molar-refractivity contribution < 1.29 is 41.6 Å². The number of carbonyl (C=O) groups excluding carboxylic acids is 2. The zero-order chi connectivity index (χ0) is 53.9. The molecule has 1 saturated heterocycles. The van der Waals surface area contributed by atoms with Crippen LogP contribution >= 0.6 is 61.8 Å². The number of likely N-dealkylation sites (N-methyl/N-ethyl adjacent to an activating group) is 2. The highest BCUT2D eigenvalue weighted by atomic mass is 35.5. The lowest BCUT2D eigenvalue weighted by Gasteiger charge is -2.38. The fraction of sp³-hybridized carbons (Fsp3) is 0.520. The second-order valence-electron chi connectivity index (χ2n) is 19.1. The van der Waals surface area contributed by atoms with E-state index in [0.29, 0.717) is 35.2 Å². The molecule has 22 heteroatoms. The summed E-state index contributed by atoms with van der Waals surface area (Å²) in [5.41, 5.74) is 5.39. The number of nitro groups is 1. The van der Waals surface area contributed by atoms with Crippen molar-refractivity contribution in [1.82, 2.24) is 15.5 Å². The molecule has 0 spiro atoms. The molecule has 0 aliphatic carbocycles. The van der Waals surface area contributed by atoms with Crippen molar-refractivity contribution >= 4 is 95.6 Å². The SMILES string of the molecule is C1CCOC1.C=CC[C@@H](CO[Si](C)(C)C(C)(C)C)N(C)C(=O)NCc1cccc(F)c1Cl.C=CC[C@@H](CO[Si](C)(C)C(C)(C)C)NC.NCc1cccc(F)c1Cl.O=C(Cl)Oc1ccc([N+](=O)[O-])cc1.S.S. The van der Waals surface area contributed by atoms with Crippen molar-refractivity contribution in [1.29, 1.82) is 0 Å². The van der Waals surface area contributed by atoms with Crippen LogP contribution in [0.5, 0.6) is 5.75 Å². The number of urea groups is 1. The van der Waals surface area contributed by atoms with Gasteiger partial charge in [0, 0.05) is 69.7 Å². The molecular weight excluding hydrogens is 1060 g/mol. The number of hydrogen-bond donors (Lipinski definition) is 3. The summed E-state index contributed by atoms with van der Waals surface area (Å²) < 4.78 is 47.9. The van der Waals surface area contributed by atoms with E-state index < -0.39 is 38.6 Å². The fourth-order valence-electron chi connectivity index (χ4n) is 5.14. The molecule has 410 valence electrons. The topological polar surface area (TPSA) is 168 Å². The van der Waals surface area contributed by atoms with Crippen LogP contribution in [-0.4, -0.2) is 90.5 Å². The van der Waals surface area contributed by atoms with Crippen molar-refractivity contribution in [3.8, 4) is 5.75 Å². The molecule has 1 aliphatic rings. The number of nitro benzene ring substituents is 1. The minimum Gasteiger partial charge on any atom is -0.415 e. The van der Waals surface area contributed by atoms with E-state index in [1.54, 1.807) is 42.3 Å². The quantitative estimate of drug-likeness (QED) is 0.0389. The summed E-state index contributed by atoms with van der Waals surface area (Å²) in [6, 6.07) is 14.2. The first-order valence-electron chi connectivity index (χ1n) is 22.9. The van der Waals surface area contributed by atoms with Gasteiger partial charge in [0.1, 0.15) is 17.4 Å². The van der Waals surface area contributed by atoms with Crippen molar-refractivity contribution in [2.24, 2.45) is 5.73 Å². The van der Waals surface area contributed by atoms with Gasteiger partial charge < -0.3 is 39.6 Å². The van der Waals surface area contributed by atoms with Crippen molar-refractivity contribution in [3.05, 3.63) is 129 Å². The second-order valence-corrected chi connectivity index (χ2v) is 29.8. The predicted octanol–water partition coefficient (Wildman–Crippen LogP) is 14.1. The summed E-state index contributed by atoms with van der Waals surface area (Å²) in [4.78, 5) is 34.1. The molecule has 0 radical (unpaired) electrons. The van der Waals surface area contributed by atoms with Crippen LogP contribution in [-0.2, 0) is 26.7 Å². The Morgan fingerprint density at radius 3 is 1.68 bits per heavy atom. The molecule has 1 fully saturated rings. The zero-order valence-corrected chi connectivity index (χ0v) is 50.5. The van der Waals surface area contributed by atoms with Crippen LogP contribution in [0.2, 0.25) is 46.3 Å². The molecule has 13 nitrogen and oxygen atoms in total. The monoisotopic (exact) mass is 1140 g/mol. The number of carbonyl (C=O) groups is 2. The molecule has 4 N–H and O–H groups in total. The summed E-state index contributed by atoms with van der Waals surface area (Å²) in [6.07, 6.45) is 7.87. The third-order valence-corrected chi connectivity index (χ3v) is 21.8. The minimum absolute atomic E-state index is 0. The lowest BCUT2D eigenvalue weighted by atomic mass is 10.2. The van der Waals surface area contributed by atoms with Crippen molar-refractivity contribution in [2.45, 2.75) is 129 Å². The van der Waals surface area contributed by atoms with E-state index in [2.05, 4.69) is 96.3 Å². The summed E-state index contributed by atoms with van der Waals surface area (Å²) in [7, 11) is 0.202. The van der Waals surface area contributed by atoms with Gasteiger partial charge in [0.25, 0.3) is 5.69 Å². The summed E-state index contributed by atoms with van der Waals surface area (Å²) >= 11 is 16.4. The average molecular weight is 1150 g/mol. The Morgan fingerprint density at radius 2 is 1.31 bits per heavy atom. The van der Waals surface area contributed by atoms with E-state index in [1.165, 1.54) is 49.2 Å². The molecule has 0 saturated carbocycles. The number of ether oxygens (including phenoxy) is 2. The normalized spacial score (nSPS) is 12.8. The number of benzene rings is 3. The fourth-order valence-corrected chi connectivity index (χ4v) is 7.72. The molecule has 2 amide bonds. The molecule has 2 atom stereocenters. The smallest absolute Gasteiger partial charge is 0.409 e. The van der Waals surface area contributed by atoms with Gasteiger partial charge in [0.05, 0.1) is 27.6 Å². The van der Waals surface area contributed by atoms with Crippen LogP contribution in [0.1, 0.15) is 78.4 Å². The number of hydrogen-bond acceptors (Lipinski definition) is 10. The molecule has 4 rings (SSSR count). The maximum absolute atomic E-state index is 13.5. The van der Waals surface area contributed by atoms with E-state index in [4.69, 9.17) is 54.1 Å². The standard InChI is InChI=1S/C20H32ClFN2O2Si.C12H27NOSi.C7H7ClFN.C7H4ClNO4.C4H8O.2H2S/c1-8-10-16(14-26-27(6,7)20(2,3)4)24(5)19(25)23-13-15-11-9-12-17(22)18(15)21;1-8-9-11(13-5)10-14-15(6,7)12(2,3)4;8-7-5(4-10)2-1-3-6(7)9;8-7(10)13-6-3-1-5(2-4-6)9(11)12;1-2-4-5-3-1;;/h8-9,11-12,16H,1,10,13-14H2,2-7H3,(H,23,25);8,11,13H,1,9-10H2,2-7H3;1-3H,4,10H2;1-4H;1-4H2;2*1H2/t16-;11-;;;;;/m00...../s1. The summed E-state index contributed by atoms with van der Waals surface area (Å²) in [5, 5.41) is 16.8. The van der Waals surface area contributed by atoms with Crippen LogP contribution in [0.25, 0.3) is 0 Å². The van der Waals surface area contributed by atoms with E-state index in [0.717, 1.165) is 26.2 Å². The van der Waals surface area contributed by atoms with Gasteiger partial charge in [0.15, 0.2) is 16.6 Å². The number of rotatable bonds is 17. The lowest BCUT2D eigenvalue weighted by molar-refractivity contribution is -0.384. The minimum atomic E-state index is -1.91. The first-order chi connectivity index (χ1) is 32.5. The van der Waals surface area contributed by atoms with Gasteiger partial charge in [-0.25, -0.2) is 18.4 Å². The molecular formula is C50H82Cl3F2N5O8S2Si2. The first-order valence-corrected chi connectivity index (χ1v) is 29.9. The van der Waals surface area contributed by atoms with Crippen LogP contribution < -0.4 is 21.1 Å². The summed E-state index contributed by atoms with van der Waals surface area (Å²) in [5.74, 6) is -0.737. The van der Waals surface area contributed by atoms with Crippen molar-refractivity contribution in [3.63, 3.8) is 0 Å². The number of nitrogens with two attached hydrogens (primary N) is 1. The number of nitrogens with one attached hydrogen (secondary N) is 2. The summed E-state index contributed by atoms with van der Waals surface area (Å²) in [6.45, 7) is 33.5. The molecule has 72 heavy (non-hydrogen) atoms. The van der Waals surface area contributed by atoms with Gasteiger partial charge in [0.2, 0.25) is 0 Å².